The summed E-state index contributed by atoms with van der Waals surface area (Å²) >= 11 is 7.77. The number of fused-ring (bicyclic) bond motifs is 1. The van der Waals surface area contributed by atoms with Gasteiger partial charge in [-0.2, -0.15) is 5.26 Å². The SMILES string of the molecule is COc1ccnc(Cn2cccc(C#N)c2=O)c1COc1cccc2c(-c3ncsc3Cl)cc(C)nc12. The predicted molar refractivity (Wildman–Crippen MR) is 142 cm³/mol. The number of hydrogen-bond acceptors (Lipinski definition) is 8. The third-order valence-corrected chi connectivity index (χ3v) is 6.92. The minimum Gasteiger partial charge on any atom is -0.496 e. The molecule has 5 aromatic rings. The molecule has 4 heterocycles. The molecule has 0 amide bonds. The first-order valence-corrected chi connectivity index (χ1v) is 12.5. The van der Waals surface area contributed by atoms with E-state index in [4.69, 9.17) is 26.1 Å². The molecule has 0 spiro atoms. The lowest BCUT2D eigenvalue weighted by molar-refractivity contribution is 0.296. The first-order valence-electron chi connectivity index (χ1n) is 11.2. The summed E-state index contributed by atoms with van der Waals surface area (Å²) in [5.74, 6) is 1.16. The minimum absolute atomic E-state index is 0.0661. The number of pyridine rings is 3. The Morgan fingerprint density at radius 2 is 2.03 bits per heavy atom. The highest BCUT2D eigenvalue weighted by molar-refractivity contribution is 7.14. The number of aromatic nitrogens is 4. The van der Waals surface area contributed by atoms with Crippen LogP contribution in [-0.2, 0) is 13.2 Å². The van der Waals surface area contributed by atoms with Crippen LogP contribution in [0.5, 0.6) is 11.5 Å². The molecule has 37 heavy (non-hydrogen) atoms. The lowest BCUT2D eigenvalue weighted by Gasteiger charge is -2.16. The summed E-state index contributed by atoms with van der Waals surface area (Å²) in [5.41, 5.74) is 5.76. The van der Waals surface area contributed by atoms with Crippen LogP contribution in [0.25, 0.3) is 22.2 Å². The maximum absolute atomic E-state index is 12.6. The van der Waals surface area contributed by atoms with Gasteiger partial charge < -0.3 is 14.0 Å². The van der Waals surface area contributed by atoms with Gasteiger partial charge in [0.2, 0.25) is 0 Å². The van der Waals surface area contributed by atoms with Crippen molar-refractivity contribution in [2.45, 2.75) is 20.1 Å². The van der Waals surface area contributed by atoms with E-state index in [1.54, 1.807) is 37.1 Å². The second-order valence-electron chi connectivity index (χ2n) is 8.13. The summed E-state index contributed by atoms with van der Waals surface area (Å²) in [4.78, 5) is 26.3. The second-order valence-corrected chi connectivity index (χ2v) is 9.59. The van der Waals surface area contributed by atoms with Crippen molar-refractivity contribution in [1.29, 1.82) is 5.26 Å². The highest BCUT2D eigenvalue weighted by Gasteiger charge is 2.17. The van der Waals surface area contributed by atoms with E-state index in [9.17, 15) is 10.1 Å². The van der Waals surface area contributed by atoms with Gasteiger partial charge in [0.25, 0.3) is 5.56 Å². The lowest BCUT2D eigenvalue weighted by Crippen LogP contribution is -2.23. The van der Waals surface area contributed by atoms with Crippen molar-refractivity contribution in [2.24, 2.45) is 0 Å². The Hall–Kier alpha value is -4.26. The fraction of sp³-hybridized carbons (Fsp3) is 0.148. The monoisotopic (exact) mass is 529 g/mol. The normalized spacial score (nSPS) is 10.9. The van der Waals surface area contributed by atoms with Gasteiger partial charge in [0, 0.05) is 29.0 Å². The molecule has 8 nitrogen and oxygen atoms in total. The topological polar surface area (TPSA) is 103 Å². The van der Waals surface area contributed by atoms with Crippen molar-refractivity contribution >= 4 is 33.8 Å². The van der Waals surface area contributed by atoms with Crippen LogP contribution in [0.15, 0.2) is 65.2 Å². The Labute approximate surface area is 221 Å². The first kappa shape index (κ1) is 24.4. The second kappa shape index (κ2) is 10.4. The van der Waals surface area contributed by atoms with Gasteiger partial charge in [-0.1, -0.05) is 23.7 Å². The molecule has 0 saturated carbocycles. The van der Waals surface area contributed by atoms with Crippen molar-refractivity contribution < 1.29 is 9.47 Å². The van der Waals surface area contributed by atoms with Crippen molar-refractivity contribution in [3.8, 4) is 28.8 Å². The molecule has 10 heteroatoms. The van der Waals surface area contributed by atoms with Crippen molar-refractivity contribution in [2.75, 3.05) is 7.11 Å². The molecule has 1 aromatic carbocycles. The first-order chi connectivity index (χ1) is 18.0. The number of halogens is 1. The standard InChI is InChI=1S/C27H20ClN5O3S/c1-16-11-19(25-26(28)37-15-31-25)18-6-3-7-23(24(18)32-16)36-14-20-21(30-9-8-22(20)35-2)13-33-10-4-5-17(12-29)27(33)34/h3-11,15H,13-14H2,1-2H3. The molecular formula is C27H20ClN5O3S. The molecule has 0 saturated heterocycles. The van der Waals surface area contributed by atoms with E-state index in [1.807, 2.05) is 37.3 Å². The van der Waals surface area contributed by atoms with E-state index in [1.165, 1.54) is 22.0 Å². The van der Waals surface area contributed by atoms with E-state index in [-0.39, 0.29) is 24.3 Å². The van der Waals surface area contributed by atoms with Crippen molar-refractivity contribution in [1.82, 2.24) is 19.5 Å². The summed E-state index contributed by atoms with van der Waals surface area (Å²) in [6.07, 6.45) is 3.24. The predicted octanol–water partition coefficient (Wildman–Crippen LogP) is 5.38. The summed E-state index contributed by atoms with van der Waals surface area (Å²) < 4.78 is 13.9. The number of ether oxygens (including phenoxy) is 2. The Bertz CT molecular complexity index is 1720. The van der Waals surface area contributed by atoms with Crippen LogP contribution in [-0.4, -0.2) is 26.6 Å². The van der Waals surface area contributed by atoms with Crippen LogP contribution >= 0.6 is 22.9 Å². The van der Waals surface area contributed by atoms with Gasteiger partial charge in [-0.15, -0.1) is 11.3 Å². The Balaban J connectivity index is 1.53. The number of benzene rings is 1. The zero-order chi connectivity index (χ0) is 25.9. The molecule has 0 N–H and O–H groups in total. The maximum atomic E-state index is 12.6. The van der Waals surface area contributed by atoms with Gasteiger partial charge in [0.15, 0.2) is 0 Å². The molecule has 0 aliphatic heterocycles. The van der Waals surface area contributed by atoms with E-state index in [0.29, 0.717) is 38.3 Å². The average molecular weight is 530 g/mol. The lowest BCUT2D eigenvalue weighted by atomic mass is 10.0. The molecule has 0 aliphatic carbocycles. The van der Waals surface area contributed by atoms with Gasteiger partial charge in [0.05, 0.1) is 30.4 Å². The van der Waals surface area contributed by atoms with E-state index < -0.39 is 0 Å². The molecule has 0 atom stereocenters. The molecule has 0 aliphatic rings. The molecule has 0 unspecified atom stereocenters. The van der Waals surface area contributed by atoms with Crippen LogP contribution in [0.3, 0.4) is 0 Å². The van der Waals surface area contributed by atoms with Gasteiger partial charge in [-0.25, -0.2) is 9.97 Å². The zero-order valence-electron chi connectivity index (χ0n) is 19.9. The summed E-state index contributed by atoms with van der Waals surface area (Å²) in [7, 11) is 1.57. The number of nitriles is 1. The number of methoxy groups -OCH3 is 1. The van der Waals surface area contributed by atoms with Crippen LogP contribution in [0, 0.1) is 18.3 Å². The smallest absolute Gasteiger partial charge is 0.268 e. The number of hydrogen-bond donors (Lipinski definition) is 0. The summed E-state index contributed by atoms with van der Waals surface area (Å²) in [6, 6.07) is 14.5. The third-order valence-electron chi connectivity index (χ3n) is 5.86. The fourth-order valence-corrected chi connectivity index (χ4v) is 4.92. The molecule has 0 fully saturated rings. The molecule has 0 bridgehead atoms. The third kappa shape index (κ3) is 4.77. The Kier molecular flexibility index (Phi) is 6.86. The van der Waals surface area contributed by atoms with Gasteiger partial charge in [0.1, 0.15) is 45.3 Å². The number of rotatable bonds is 7. The number of nitrogens with zero attached hydrogens (tertiary/aromatic N) is 5. The van der Waals surface area contributed by atoms with E-state index in [2.05, 4.69) is 9.97 Å². The zero-order valence-corrected chi connectivity index (χ0v) is 21.5. The van der Waals surface area contributed by atoms with Gasteiger partial charge in [-0.3, -0.25) is 9.78 Å². The average Bonchev–Trinajstić information content (AvgIpc) is 3.34. The summed E-state index contributed by atoms with van der Waals surface area (Å²) in [6.45, 7) is 2.19. The van der Waals surface area contributed by atoms with Gasteiger partial charge in [-0.05, 0) is 37.3 Å². The van der Waals surface area contributed by atoms with Gasteiger partial charge >= 0.3 is 0 Å². The van der Waals surface area contributed by atoms with Crippen LogP contribution in [0.1, 0.15) is 22.5 Å². The molecule has 0 radical (unpaired) electrons. The van der Waals surface area contributed by atoms with Crippen molar-refractivity contribution in [3.05, 3.63) is 97.6 Å². The Morgan fingerprint density at radius 3 is 2.78 bits per heavy atom. The largest absolute Gasteiger partial charge is 0.496 e. The quantitative estimate of drug-likeness (QED) is 0.278. The van der Waals surface area contributed by atoms with E-state index in [0.717, 1.165) is 16.6 Å². The number of aryl methyl sites for hydroxylation is 1. The molecule has 4 aromatic heterocycles. The van der Waals surface area contributed by atoms with Crippen LogP contribution in [0.4, 0.5) is 0 Å². The van der Waals surface area contributed by atoms with Crippen LogP contribution < -0.4 is 15.0 Å². The molecule has 5 rings (SSSR count). The molecule has 184 valence electrons. The number of thiazole rings is 1. The fourth-order valence-electron chi connectivity index (χ4n) is 4.13. The summed E-state index contributed by atoms with van der Waals surface area (Å²) in [5, 5.41) is 10.1. The van der Waals surface area contributed by atoms with Crippen molar-refractivity contribution in [3.63, 3.8) is 0 Å². The minimum atomic E-state index is -0.386. The highest BCUT2D eigenvalue weighted by Crippen LogP contribution is 2.37. The highest BCUT2D eigenvalue weighted by atomic mass is 35.5. The number of para-hydroxylation sites is 1. The van der Waals surface area contributed by atoms with E-state index >= 15 is 0 Å². The molecular weight excluding hydrogens is 510 g/mol. The Morgan fingerprint density at radius 1 is 1.16 bits per heavy atom. The maximum Gasteiger partial charge on any atom is 0.268 e. The van der Waals surface area contributed by atoms with Crippen LogP contribution in [0.2, 0.25) is 4.34 Å².